The van der Waals surface area contributed by atoms with Gasteiger partial charge in [-0.25, -0.2) is 0 Å². The van der Waals surface area contributed by atoms with E-state index in [1.54, 1.807) is 0 Å². The normalized spacial score (nSPS) is 15.4. The van der Waals surface area contributed by atoms with E-state index in [4.69, 9.17) is 5.73 Å². The van der Waals surface area contributed by atoms with Crippen molar-refractivity contribution in [2.75, 3.05) is 12.3 Å². The van der Waals surface area contributed by atoms with Crippen LogP contribution >= 0.6 is 0 Å². The Labute approximate surface area is 121 Å². The summed E-state index contributed by atoms with van der Waals surface area (Å²) in [5.41, 5.74) is 7.38. The summed E-state index contributed by atoms with van der Waals surface area (Å²) in [6, 6.07) is 7.50. The fourth-order valence-electron chi connectivity index (χ4n) is 2.97. The molecule has 1 saturated carbocycles. The zero-order chi connectivity index (χ0) is 14.2. The van der Waals surface area contributed by atoms with Crippen molar-refractivity contribution >= 4 is 11.6 Å². The lowest BCUT2D eigenvalue weighted by Gasteiger charge is -2.09. The summed E-state index contributed by atoms with van der Waals surface area (Å²) < 4.78 is 0. The van der Waals surface area contributed by atoms with Gasteiger partial charge in [-0.15, -0.1) is 0 Å². The minimum atomic E-state index is 0.107. The van der Waals surface area contributed by atoms with Gasteiger partial charge in [-0.05, 0) is 30.0 Å². The zero-order valence-electron chi connectivity index (χ0n) is 12.2. The third kappa shape index (κ3) is 5.24. The Balaban J connectivity index is 1.54. The van der Waals surface area contributed by atoms with E-state index in [9.17, 15) is 4.79 Å². The first-order chi connectivity index (χ1) is 9.74. The molecule has 0 radical (unpaired) electrons. The van der Waals surface area contributed by atoms with Crippen molar-refractivity contribution in [2.24, 2.45) is 5.92 Å². The lowest BCUT2D eigenvalue weighted by atomic mass is 10.0. The van der Waals surface area contributed by atoms with Crippen LogP contribution in [0.25, 0.3) is 0 Å². The summed E-state index contributed by atoms with van der Waals surface area (Å²) >= 11 is 0. The number of unbranched alkanes of at least 4 members (excludes halogenated alkanes) is 1. The molecule has 3 heteroatoms. The maximum atomic E-state index is 11.8. The Kier molecular flexibility index (Phi) is 5.90. The molecule has 0 aliphatic heterocycles. The minimum Gasteiger partial charge on any atom is -0.399 e. The monoisotopic (exact) mass is 274 g/mol. The van der Waals surface area contributed by atoms with Crippen molar-refractivity contribution in [2.45, 2.75) is 51.4 Å². The number of hydrogen-bond donors (Lipinski definition) is 2. The van der Waals surface area contributed by atoms with Crippen LogP contribution in [0.2, 0.25) is 0 Å². The molecule has 0 bridgehead atoms. The van der Waals surface area contributed by atoms with Crippen molar-refractivity contribution in [1.82, 2.24) is 5.32 Å². The largest absolute Gasteiger partial charge is 0.399 e. The molecule has 1 fully saturated rings. The molecule has 3 N–H and O–H groups in total. The summed E-state index contributed by atoms with van der Waals surface area (Å²) in [7, 11) is 0. The third-order valence-corrected chi connectivity index (χ3v) is 4.18. The number of rotatable bonds is 7. The standard InChI is InChI=1S/C17H26N2O/c18-16-10-8-15(9-11-16)13-17(20)19-12-4-3-7-14-5-1-2-6-14/h8-11,14H,1-7,12-13,18H2,(H,19,20). The number of carbonyl (C=O) groups is 1. The van der Waals surface area contributed by atoms with Crippen LogP contribution < -0.4 is 11.1 Å². The van der Waals surface area contributed by atoms with Crippen LogP contribution in [0.15, 0.2) is 24.3 Å². The lowest BCUT2D eigenvalue weighted by molar-refractivity contribution is -0.120. The van der Waals surface area contributed by atoms with Gasteiger partial charge >= 0.3 is 0 Å². The van der Waals surface area contributed by atoms with Gasteiger partial charge in [0.15, 0.2) is 0 Å². The highest BCUT2D eigenvalue weighted by atomic mass is 16.1. The second-order valence-corrected chi connectivity index (χ2v) is 5.91. The van der Waals surface area contributed by atoms with Gasteiger partial charge in [-0.2, -0.15) is 0 Å². The molecular formula is C17H26N2O. The molecule has 0 spiro atoms. The van der Waals surface area contributed by atoms with Gasteiger partial charge in [-0.3, -0.25) is 4.79 Å². The van der Waals surface area contributed by atoms with Gasteiger partial charge in [0.1, 0.15) is 0 Å². The molecule has 20 heavy (non-hydrogen) atoms. The Morgan fingerprint density at radius 3 is 2.55 bits per heavy atom. The van der Waals surface area contributed by atoms with Crippen LogP contribution in [0.5, 0.6) is 0 Å². The predicted molar refractivity (Wildman–Crippen MR) is 83.4 cm³/mol. The van der Waals surface area contributed by atoms with Gasteiger partial charge in [0.2, 0.25) is 5.91 Å². The Hall–Kier alpha value is -1.51. The summed E-state index contributed by atoms with van der Waals surface area (Å²) in [5, 5.41) is 3.00. The van der Waals surface area contributed by atoms with Gasteiger partial charge in [-0.1, -0.05) is 50.7 Å². The smallest absolute Gasteiger partial charge is 0.224 e. The molecule has 0 unspecified atom stereocenters. The van der Waals surface area contributed by atoms with Crippen LogP contribution in [0, 0.1) is 5.92 Å². The summed E-state index contributed by atoms with van der Waals surface area (Å²) in [5.74, 6) is 1.07. The van der Waals surface area contributed by atoms with Crippen LogP contribution in [0.4, 0.5) is 5.69 Å². The second kappa shape index (κ2) is 7.93. The fraction of sp³-hybridized carbons (Fsp3) is 0.588. The van der Waals surface area contributed by atoms with Gasteiger partial charge in [0.25, 0.3) is 0 Å². The number of hydrogen-bond acceptors (Lipinski definition) is 2. The highest BCUT2D eigenvalue weighted by Crippen LogP contribution is 2.28. The number of amides is 1. The maximum absolute atomic E-state index is 11.8. The Morgan fingerprint density at radius 1 is 1.15 bits per heavy atom. The van der Waals surface area contributed by atoms with Crippen LogP contribution in [0.1, 0.15) is 50.5 Å². The zero-order valence-corrected chi connectivity index (χ0v) is 12.2. The molecule has 3 nitrogen and oxygen atoms in total. The number of carbonyl (C=O) groups excluding carboxylic acids is 1. The van der Waals surface area contributed by atoms with E-state index in [-0.39, 0.29) is 5.91 Å². The first-order valence-electron chi connectivity index (χ1n) is 7.85. The number of benzene rings is 1. The number of nitrogens with one attached hydrogen (secondary N) is 1. The molecule has 1 amide bonds. The van der Waals surface area contributed by atoms with Crippen molar-refractivity contribution in [1.29, 1.82) is 0 Å². The van der Waals surface area contributed by atoms with Gasteiger partial charge in [0, 0.05) is 12.2 Å². The molecule has 0 atom stereocenters. The van der Waals surface area contributed by atoms with E-state index in [0.717, 1.165) is 30.1 Å². The SMILES string of the molecule is Nc1ccc(CC(=O)NCCCCC2CCCC2)cc1. The van der Waals surface area contributed by atoms with Gasteiger partial charge < -0.3 is 11.1 Å². The molecule has 0 heterocycles. The molecule has 1 aliphatic rings. The number of anilines is 1. The maximum Gasteiger partial charge on any atom is 0.224 e. The molecule has 1 aromatic rings. The highest BCUT2D eigenvalue weighted by Gasteiger charge is 2.13. The van der Waals surface area contributed by atoms with E-state index in [1.165, 1.54) is 38.5 Å². The molecule has 1 aromatic carbocycles. The van der Waals surface area contributed by atoms with Crippen molar-refractivity contribution in [3.8, 4) is 0 Å². The molecule has 110 valence electrons. The summed E-state index contributed by atoms with van der Waals surface area (Å²) in [6.07, 6.45) is 9.81. The van der Waals surface area contributed by atoms with E-state index < -0.39 is 0 Å². The quantitative estimate of drug-likeness (QED) is 0.592. The summed E-state index contributed by atoms with van der Waals surface area (Å²) in [6.45, 7) is 0.806. The van der Waals surface area contributed by atoms with Crippen LogP contribution in [-0.4, -0.2) is 12.5 Å². The number of nitrogens with two attached hydrogens (primary N) is 1. The fourth-order valence-corrected chi connectivity index (χ4v) is 2.97. The van der Waals surface area contributed by atoms with E-state index >= 15 is 0 Å². The van der Waals surface area contributed by atoms with Crippen LogP contribution in [-0.2, 0) is 11.2 Å². The molecule has 2 rings (SSSR count). The lowest BCUT2D eigenvalue weighted by Crippen LogP contribution is -2.26. The first-order valence-corrected chi connectivity index (χ1v) is 7.85. The number of nitrogen functional groups attached to an aromatic ring is 1. The summed E-state index contributed by atoms with van der Waals surface area (Å²) in [4.78, 5) is 11.8. The third-order valence-electron chi connectivity index (χ3n) is 4.18. The van der Waals surface area contributed by atoms with Crippen molar-refractivity contribution in [3.05, 3.63) is 29.8 Å². The van der Waals surface area contributed by atoms with Crippen LogP contribution in [0.3, 0.4) is 0 Å². The van der Waals surface area contributed by atoms with E-state index in [2.05, 4.69) is 5.32 Å². The predicted octanol–water partition coefficient (Wildman–Crippen LogP) is 3.29. The molecular weight excluding hydrogens is 248 g/mol. The highest BCUT2D eigenvalue weighted by molar-refractivity contribution is 5.78. The Bertz CT molecular complexity index is 408. The molecule has 1 aliphatic carbocycles. The van der Waals surface area contributed by atoms with Crippen molar-refractivity contribution in [3.63, 3.8) is 0 Å². The topological polar surface area (TPSA) is 55.1 Å². The van der Waals surface area contributed by atoms with Crippen molar-refractivity contribution < 1.29 is 4.79 Å². The average molecular weight is 274 g/mol. The average Bonchev–Trinajstić information content (AvgIpc) is 2.94. The molecule has 0 aromatic heterocycles. The Morgan fingerprint density at radius 2 is 1.85 bits per heavy atom. The van der Waals surface area contributed by atoms with Gasteiger partial charge in [0.05, 0.1) is 6.42 Å². The van der Waals surface area contributed by atoms with E-state index in [1.807, 2.05) is 24.3 Å². The molecule has 0 saturated heterocycles. The minimum absolute atomic E-state index is 0.107. The first kappa shape index (κ1) is 14.9. The van der Waals surface area contributed by atoms with E-state index in [0.29, 0.717) is 6.42 Å². The second-order valence-electron chi connectivity index (χ2n) is 5.91.